The van der Waals surface area contributed by atoms with Crippen LogP contribution in [-0.4, -0.2) is 78.5 Å². The van der Waals surface area contributed by atoms with E-state index in [1.807, 2.05) is 50.4 Å². The summed E-state index contributed by atoms with van der Waals surface area (Å²) in [6, 6.07) is 14.1. The van der Waals surface area contributed by atoms with Crippen LogP contribution >= 0.6 is 0 Å². The van der Waals surface area contributed by atoms with Crippen molar-refractivity contribution in [3.8, 4) is 16.8 Å². The first kappa shape index (κ1) is 28.5. The van der Waals surface area contributed by atoms with Gasteiger partial charge in [-0.2, -0.15) is 23.3 Å². The average molecular weight is 582 g/mol. The van der Waals surface area contributed by atoms with Gasteiger partial charge in [0.25, 0.3) is 0 Å². The highest BCUT2D eigenvalue weighted by Crippen LogP contribution is 2.28. The Labute approximate surface area is 237 Å². The highest BCUT2D eigenvalue weighted by molar-refractivity contribution is 5.85. The molecule has 12 nitrogen and oxygen atoms in total. The van der Waals surface area contributed by atoms with Crippen molar-refractivity contribution in [3.05, 3.63) is 66.4 Å². The molecule has 0 unspecified atom stereocenters. The molecule has 3 aromatic heterocycles. The number of carboxylic acids is 1. The minimum Gasteiger partial charge on any atom is -0.475 e. The molecule has 1 saturated heterocycles. The van der Waals surface area contributed by atoms with Gasteiger partial charge < -0.3 is 20.1 Å². The van der Waals surface area contributed by atoms with Gasteiger partial charge in [0.05, 0.1) is 30.1 Å². The number of aromatic nitrogens is 7. The number of halogens is 3. The molecule has 42 heavy (non-hydrogen) atoms. The van der Waals surface area contributed by atoms with Crippen molar-refractivity contribution in [2.24, 2.45) is 0 Å². The van der Waals surface area contributed by atoms with E-state index in [-0.39, 0.29) is 0 Å². The summed E-state index contributed by atoms with van der Waals surface area (Å²) in [5, 5.41) is 23.4. The number of aliphatic carboxylic acids is 1. The number of ether oxygens (including phenoxy) is 1. The summed E-state index contributed by atoms with van der Waals surface area (Å²) >= 11 is 0. The molecule has 6 rings (SSSR count). The van der Waals surface area contributed by atoms with Gasteiger partial charge in [0, 0.05) is 41.6 Å². The number of H-pyrrole nitrogens is 1. The number of hydrogen-bond acceptors (Lipinski definition) is 9. The molecule has 5 aromatic rings. The zero-order chi connectivity index (χ0) is 29.9. The largest absolute Gasteiger partial charge is 0.490 e. The second-order valence-corrected chi connectivity index (χ2v) is 9.34. The van der Waals surface area contributed by atoms with E-state index >= 15 is 0 Å². The molecule has 2 aromatic carbocycles. The van der Waals surface area contributed by atoms with Gasteiger partial charge >= 0.3 is 12.1 Å². The Hall–Kier alpha value is -5.05. The molecule has 0 atom stereocenters. The molecule has 4 heterocycles. The minimum atomic E-state index is -5.08. The summed E-state index contributed by atoms with van der Waals surface area (Å²) in [5.74, 6) is -1.49. The number of carboxylic acid groups (broad SMARTS) is 1. The van der Waals surface area contributed by atoms with Crippen molar-refractivity contribution in [2.75, 3.05) is 36.5 Å². The number of carbonyl (C=O) groups is 1. The summed E-state index contributed by atoms with van der Waals surface area (Å²) < 4.78 is 38.9. The lowest BCUT2D eigenvalue weighted by atomic mass is 10.0. The Bertz CT molecular complexity index is 1680. The predicted molar refractivity (Wildman–Crippen MR) is 148 cm³/mol. The van der Waals surface area contributed by atoms with Gasteiger partial charge in [-0.1, -0.05) is 12.1 Å². The van der Waals surface area contributed by atoms with Crippen LogP contribution < -0.4 is 10.2 Å². The highest BCUT2D eigenvalue weighted by atomic mass is 19.4. The van der Waals surface area contributed by atoms with Crippen LogP contribution in [0.1, 0.15) is 11.4 Å². The van der Waals surface area contributed by atoms with Gasteiger partial charge in [-0.05, 0) is 49.7 Å². The third kappa shape index (κ3) is 6.46. The maximum atomic E-state index is 10.6. The van der Waals surface area contributed by atoms with E-state index in [0.717, 1.165) is 63.8 Å². The Morgan fingerprint density at radius 2 is 1.79 bits per heavy atom. The first-order valence-corrected chi connectivity index (χ1v) is 12.8. The second kappa shape index (κ2) is 11.8. The summed E-state index contributed by atoms with van der Waals surface area (Å²) in [5.41, 5.74) is 6.89. The zero-order valence-corrected chi connectivity index (χ0v) is 22.6. The molecule has 0 bridgehead atoms. The standard InChI is InChI=1S/C25H25N9O.C2HF3O2/c1-16-23(17(2)31-30-16)18-3-4-19-14-26-24(29-22(19)13-18)28-20-5-7-21(8-6-20)34-15-27-25(32-34)33-9-11-35-12-10-33;3-2(4,5)1(6)7/h3-8,13-15H,9-12H2,1-2H3,(H,30,31)(H,26,28,29);(H,6,7). The molecule has 0 radical (unpaired) electrons. The van der Waals surface area contributed by atoms with Crippen LogP contribution in [0, 0.1) is 13.8 Å². The lowest BCUT2D eigenvalue weighted by molar-refractivity contribution is -0.192. The van der Waals surface area contributed by atoms with E-state index < -0.39 is 12.1 Å². The second-order valence-electron chi connectivity index (χ2n) is 9.34. The van der Waals surface area contributed by atoms with E-state index in [1.54, 1.807) is 11.0 Å². The molecule has 0 spiro atoms. The first-order valence-electron chi connectivity index (χ1n) is 12.8. The van der Waals surface area contributed by atoms with Crippen LogP contribution in [0.3, 0.4) is 0 Å². The number of aryl methyl sites for hydroxylation is 2. The molecule has 1 aliphatic heterocycles. The van der Waals surface area contributed by atoms with E-state index in [2.05, 4.69) is 47.6 Å². The first-order chi connectivity index (χ1) is 20.1. The molecule has 1 fully saturated rings. The Kier molecular flexibility index (Phi) is 8.01. The predicted octanol–water partition coefficient (Wildman–Crippen LogP) is 4.43. The fraction of sp³-hybridized carbons (Fsp3) is 0.259. The third-order valence-corrected chi connectivity index (χ3v) is 6.40. The minimum absolute atomic E-state index is 0.540. The van der Waals surface area contributed by atoms with Gasteiger partial charge in [-0.25, -0.2) is 19.4 Å². The van der Waals surface area contributed by atoms with Crippen LogP contribution in [0.25, 0.3) is 27.7 Å². The Morgan fingerprint density at radius 1 is 1.07 bits per heavy atom. The number of anilines is 3. The molecule has 0 amide bonds. The zero-order valence-electron chi connectivity index (χ0n) is 22.6. The van der Waals surface area contributed by atoms with Gasteiger partial charge in [-0.3, -0.25) is 5.10 Å². The number of rotatable bonds is 5. The number of morpholine rings is 1. The van der Waals surface area contributed by atoms with Crippen molar-refractivity contribution >= 4 is 34.5 Å². The molecular weight excluding hydrogens is 555 g/mol. The number of fused-ring (bicyclic) bond motifs is 1. The molecule has 0 saturated carbocycles. The number of nitrogens with zero attached hydrogens (tertiary/aromatic N) is 7. The van der Waals surface area contributed by atoms with Gasteiger partial charge in [0.2, 0.25) is 11.9 Å². The number of aromatic amines is 1. The van der Waals surface area contributed by atoms with E-state index in [4.69, 9.17) is 19.6 Å². The summed E-state index contributed by atoms with van der Waals surface area (Å²) in [6.45, 7) is 7.05. The summed E-state index contributed by atoms with van der Waals surface area (Å²) in [7, 11) is 0. The van der Waals surface area contributed by atoms with Crippen LogP contribution in [-0.2, 0) is 9.53 Å². The third-order valence-electron chi connectivity index (χ3n) is 6.40. The summed E-state index contributed by atoms with van der Waals surface area (Å²) in [4.78, 5) is 24.7. The van der Waals surface area contributed by atoms with Crippen LogP contribution in [0.15, 0.2) is 55.0 Å². The molecule has 15 heteroatoms. The molecule has 218 valence electrons. The van der Waals surface area contributed by atoms with Crippen molar-refractivity contribution in [1.82, 2.24) is 34.9 Å². The topological polar surface area (TPSA) is 147 Å². The van der Waals surface area contributed by atoms with Gasteiger partial charge in [-0.15, -0.1) is 5.10 Å². The fourth-order valence-corrected chi connectivity index (χ4v) is 4.33. The van der Waals surface area contributed by atoms with Gasteiger partial charge in [0.15, 0.2) is 0 Å². The summed E-state index contributed by atoms with van der Waals surface area (Å²) in [6.07, 6.45) is -1.51. The molecule has 0 aliphatic carbocycles. The smallest absolute Gasteiger partial charge is 0.475 e. The lowest BCUT2D eigenvalue weighted by Crippen LogP contribution is -2.37. The van der Waals surface area contributed by atoms with Crippen LogP contribution in [0.2, 0.25) is 0 Å². The van der Waals surface area contributed by atoms with Crippen molar-refractivity contribution < 1.29 is 27.8 Å². The van der Waals surface area contributed by atoms with E-state index in [9.17, 15) is 13.2 Å². The number of alkyl halides is 3. The van der Waals surface area contributed by atoms with E-state index in [0.29, 0.717) is 19.2 Å². The Morgan fingerprint density at radius 3 is 2.43 bits per heavy atom. The molecule has 3 N–H and O–H groups in total. The SMILES string of the molecule is Cc1n[nH]c(C)c1-c1ccc2cnc(Nc3ccc(-n4cnc(N5CCOCC5)n4)cc3)nc2c1.O=C(O)C(F)(F)F. The number of benzene rings is 2. The average Bonchev–Trinajstić information content (AvgIpc) is 3.60. The fourth-order valence-electron chi connectivity index (χ4n) is 4.33. The van der Waals surface area contributed by atoms with Crippen molar-refractivity contribution in [3.63, 3.8) is 0 Å². The maximum absolute atomic E-state index is 10.6. The quantitative estimate of drug-likeness (QED) is 0.272. The van der Waals surface area contributed by atoms with Crippen LogP contribution in [0.5, 0.6) is 0 Å². The Balaban J connectivity index is 0.000000451. The van der Waals surface area contributed by atoms with Crippen molar-refractivity contribution in [2.45, 2.75) is 20.0 Å². The number of nitrogens with one attached hydrogen (secondary N) is 2. The molecular formula is C27H26F3N9O3. The molecule has 1 aliphatic rings. The monoisotopic (exact) mass is 581 g/mol. The maximum Gasteiger partial charge on any atom is 0.490 e. The highest BCUT2D eigenvalue weighted by Gasteiger charge is 2.38. The lowest BCUT2D eigenvalue weighted by Gasteiger charge is -2.25. The van der Waals surface area contributed by atoms with Crippen LogP contribution in [0.4, 0.5) is 30.8 Å². The van der Waals surface area contributed by atoms with Crippen molar-refractivity contribution in [1.29, 1.82) is 0 Å². The van der Waals surface area contributed by atoms with Gasteiger partial charge in [0.1, 0.15) is 6.33 Å². The number of hydrogen-bond donors (Lipinski definition) is 3. The van der Waals surface area contributed by atoms with E-state index in [1.165, 1.54) is 0 Å². The normalized spacial score (nSPS) is 13.5.